The molecule has 0 atom stereocenters. The zero-order valence-corrected chi connectivity index (χ0v) is 14.6. The number of rotatable bonds is 7. The van der Waals surface area contributed by atoms with Crippen LogP contribution in [0.25, 0.3) is 0 Å². The van der Waals surface area contributed by atoms with Gasteiger partial charge in [-0.1, -0.05) is 13.8 Å². The number of nitrogens with one attached hydrogen (secondary N) is 2. The molecule has 0 fully saturated rings. The first-order valence-electron chi connectivity index (χ1n) is 8.14. The van der Waals surface area contributed by atoms with Gasteiger partial charge in [-0.05, 0) is 37.1 Å². The fourth-order valence-corrected chi connectivity index (χ4v) is 1.99. The third-order valence-corrected chi connectivity index (χ3v) is 3.25. The molecule has 7 nitrogen and oxygen atoms in total. The zero-order chi connectivity index (χ0) is 18.2. The van der Waals surface area contributed by atoms with Gasteiger partial charge in [0.05, 0.1) is 12.2 Å². The quantitative estimate of drug-likeness (QED) is 0.752. The molecular weight excluding hydrogens is 320 g/mol. The van der Waals surface area contributed by atoms with Crippen molar-refractivity contribution >= 4 is 23.4 Å². The Hall–Kier alpha value is -2.96. The monoisotopic (exact) mass is 342 g/mol. The molecule has 0 bridgehead atoms. The van der Waals surface area contributed by atoms with E-state index in [4.69, 9.17) is 4.74 Å². The molecule has 0 saturated heterocycles. The summed E-state index contributed by atoms with van der Waals surface area (Å²) in [5.74, 6) is 0.326. The summed E-state index contributed by atoms with van der Waals surface area (Å²) in [5.41, 5.74) is 1.26. The van der Waals surface area contributed by atoms with Crippen LogP contribution in [0.3, 0.4) is 0 Å². The second-order valence-electron chi connectivity index (χ2n) is 5.82. The third-order valence-electron chi connectivity index (χ3n) is 3.25. The van der Waals surface area contributed by atoms with E-state index < -0.39 is 5.97 Å². The molecule has 0 unspecified atom stereocenters. The van der Waals surface area contributed by atoms with E-state index in [0.29, 0.717) is 29.6 Å². The lowest BCUT2D eigenvalue weighted by atomic mass is 10.2. The van der Waals surface area contributed by atoms with E-state index in [2.05, 4.69) is 34.4 Å². The lowest BCUT2D eigenvalue weighted by molar-refractivity contribution is 0.0526. The Morgan fingerprint density at radius 3 is 2.52 bits per heavy atom. The summed E-state index contributed by atoms with van der Waals surface area (Å²) in [4.78, 5) is 32.0. The average molecular weight is 342 g/mol. The van der Waals surface area contributed by atoms with Crippen molar-refractivity contribution in [2.45, 2.75) is 20.8 Å². The molecule has 2 N–H and O–H groups in total. The van der Waals surface area contributed by atoms with Crippen LogP contribution in [0.2, 0.25) is 0 Å². The molecule has 2 aromatic rings. The van der Waals surface area contributed by atoms with Crippen LogP contribution in [0.1, 0.15) is 41.6 Å². The molecule has 1 amide bonds. The van der Waals surface area contributed by atoms with Crippen LogP contribution in [0, 0.1) is 5.92 Å². The molecule has 132 valence electrons. The highest BCUT2D eigenvalue weighted by Crippen LogP contribution is 2.13. The molecule has 0 aliphatic rings. The van der Waals surface area contributed by atoms with E-state index in [1.807, 2.05) is 0 Å². The minimum absolute atomic E-state index is 0.260. The van der Waals surface area contributed by atoms with E-state index in [1.54, 1.807) is 37.3 Å². The topological polar surface area (TPSA) is 93.2 Å². The van der Waals surface area contributed by atoms with Gasteiger partial charge in [0.2, 0.25) is 0 Å². The predicted octanol–water partition coefficient (Wildman–Crippen LogP) is 2.97. The Kier molecular flexibility index (Phi) is 6.45. The Morgan fingerprint density at radius 1 is 1.16 bits per heavy atom. The normalized spacial score (nSPS) is 10.4. The summed E-state index contributed by atoms with van der Waals surface area (Å²) in [7, 11) is 0. The van der Waals surface area contributed by atoms with Crippen molar-refractivity contribution in [1.82, 2.24) is 9.97 Å². The maximum absolute atomic E-state index is 12.3. The fourth-order valence-electron chi connectivity index (χ4n) is 1.99. The number of anilines is 2. The number of carbonyl (C=O) groups excluding carboxylic acids is 2. The van der Waals surface area contributed by atoms with E-state index in [-0.39, 0.29) is 11.6 Å². The lowest BCUT2D eigenvalue weighted by Gasteiger charge is -2.09. The number of carbonyl (C=O) groups is 2. The number of hydrogen-bond donors (Lipinski definition) is 2. The molecule has 1 aromatic carbocycles. The van der Waals surface area contributed by atoms with E-state index in [1.165, 1.54) is 6.33 Å². The summed E-state index contributed by atoms with van der Waals surface area (Å²) in [6, 6.07) is 8.09. The number of esters is 1. The van der Waals surface area contributed by atoms with Crippen molar-refractivity contribution in [3.63, 3.8) is 0 Å². The Bertz CT molecular complexity index is 729. The molecule has 1 heterocycles. The smallest absolute Gasteiger partial charge is 0.338 e. The molecule has 2 rings (SSSR count). The van der Waals surface area contributed by atoms with Gasteiger partial charge in [-0.3, -0.25) is 4.79 Å². The van der Waals surface area contributed by atoms with Crippen LogP contribution >= 0.6 is 0 Å². The van der Waals surface area contributed by atoms with Crippen LogP contribution < -0.4 is 10.6 Å². The molecule has 7 heteroatoms. The lowest BCUT2D eigenvalue weighted by Crippen LogP contribution is -2.16. The largest absolute Gasteiger partial charge is 0.462 e. The maximum Gasteiger partial charge on any atom is 0.338 e. The second-order valence-corrected chi connectivity index (χ2v) is 5.82. The van der Waals surface area contributed by atoms with Gasteiger partial charge in [-0.2, -0.15) is 0 Å². The van der Waals surface area contributed by atoms with Gasteiger partial charge < -0.3 is 15.4 Å². The first-order valence-corrected chi connectivity index (χ1v) is 8.14. The Balaban J connectivity index is 2.02. The van der Waals surface area contributed by atoms with Crippen LogP contribution in [-0.4, -0.2) is 35.0 Å². The molecule has 0 saturated carbocycles. The van der Waals surface area contributed by atoms with Crippen molar-refractivity contribution in [1.29, 1.82) is 0 Å². The molecule has 0 aliphatic heterocycles. The minimum Gasteiger partial charge on any atom is -0.462 e. The number of amides is 1. The molecular formula is C18H22N4O3. The molecule has 25 heavy (non-hydrogen) atoms. The maximum atomic E-state index is 12.3. The summed E-state index contributed by atoms with van der Waals surface area (Å²) >= 11 is 0. The number of benzene rings is 1. The standard InChI is InChI=1S/C18H22N4O3/c1-4-25-18(24)13-5-7-14(8-6-13)22-17(23)15-9-16(21-11-20-15)19-10-12(2)3/h5-9,11-12H,4,10H2,1-3H3,(H,22,23)(H,19,20,21). The van der Waals surface area contributed by atoms with E-state index >= 15 is 0 Å². The Morgan fingerprint density at radius 2 is 1.88 bits per heavy atom. The van der Waals surface area contributed by atoms with Gasteiger partial charge in [-0.25, -0.2) is 14.8 Å². The van der Waals surface area contributed by atoms with Gasteiger partial charge in [0, 0.05) is 18.3 Å². The molecule has 0 aliphatic carbocycles. The van der Waals surface area contributed by atoms with Gasteiger partial charge in [0.1, 0.15) is 17.8 Å². The highest BCUT2D eigenvalue weighted by molar-refractivity contribution is 6.03. The van der Waals surface area contributed by atoms with Gasteiger partial charge >= 0.3 is 5.97 Å². The van der Waals surface area contributed by atoms with Crippen LogP contribution in [0.5, 0.6) is 0 Å². The Labute approximate surface area is 146 Å². The summed E-state index contributed by atoms with van der Waals surface area (Å²) in [5, 5.41) is 5.89. The van der Waals surface area contributed by atoms with Gasteiger partial charge in [0.15, 0.2) is 0 Å². The SMILES string of the molecule is CCOC(=O)c1ccc(NC(=O)c2cc(NCC(C)C)ncn2)cc1. The van der Waals surface area contributed by atoms with Gasteiger partial charge in [0.25, 0.3) is 5.91 Å². The van der Waals surface area contributed by atoms with Crippen LogP contribution in [0.15, 0.2) is 36.7 Å². The molecule has 0 radical (unpaired) electrons. The molecule has 1 aromatic heterocycles. The summed E-state index contributed by atoms with van der Waals surface area (Å²) in [6.07, 6.45) is 1.35. The fraction of sp³-hybridized carbons (Fsp3) is 0.333. The first kappa shape index (κ1) is 18.4. The summed E-state index contributed by atoms with van der Waals surface area (Å²) in [6.45, 7) is 6.99. The van der Waals surface area contributed by atoms with E-state index in [0.717, 1.165) is 6.54 Å². The third kappa shape index (κ3) is 5.56. The van der Waals surface area contributed by atoms with Crippen molar-refractivity contribution in [2.24, 2.45) is 5.92 Å². The minimum atomic E-state index is -0.392. The van der Waals surface area contributed by atoms with Crippen molar-refractivity contribution < 1.29 is 14.3 Å². The predicted molar refractivity (Wildman–Crippen MR) is 95.7 cm³/mol. The number of hydrogen-bond acceptors (Lipinski definition) is 6. The number of aromatic nitrogens is 2. The van der Waals surface area contributed by atoms with Crippen LogP contribution in [-0.2, 0) is 4.74 Å². The van der Waals surface area contributed by atoms with E-state index in [9.17, 15) is 9.59 Å². The molecule has 0 spiro atoms. The zero-order valence-electron chi connectivity index (χ0n) is 14.6. The van der Waals surface area contributed by atoms with Gasteiger partial charge in [-0.15, -0.1) is 0 Å². The van der Waals surface area contributed by atoms with Crippen molar-refractivity contribution in [2.75, 3.05) is 23.8 Å². The van der Waals surface area contributed by atoms with Crippen LogP contribution in [0.4, 0.5) is 11.5 Å². The second kappa shape index (κ2) is 8.77. The average Bonchev–Trinajstić information content (AvgIpc) is 2.61. The highest BCUT2D eigenvalue weighted by atomic mass is 16.5. The number of ether oxygens (including phenoxy) is 1. The first-order chi connectivity index (χ1) is 12.0. The van der Waals surface area contributed by atoms with Crippen molar-refractivity contribution in [3.8, 4) is 0 Å². The number of nitrogens with zero attached hydrogens (tertiary/aromatic N) is 2. The van der Waals surface area contributed by atoms with Crippen molar-refractivity contribution in [3.05, 3.63) is 47.9 Å². The highest BCUT2D eigenvalue weighted by Gasteiger charge is 2.11. The summed E-state index contributed by atoms with van der Waals surface area (Å²) < 4.78 is 4.92.